The maximum atomic E-state index is 13.9. The number of carbonyl (C=O) groups is 3. The highest BCUT2D eigenvalue weighted by Gasteiger charge is 2.78. The van der Waals surface area contributed by atoms with Gasteiger partial charge in [0.1, 0.15) is 16.3 Å². The molecule has 0 saturated carbocycles. The van der Waals surface area contributed by atoms with E-state index in [1.54, 1.807) is 18.2 Å². The zero-order chi connectivity index (χ0) is 25.3. The molecule has 1 aliphatic heterocycles. The van der Waals surface area contributed by atoms with Crippen LogP contribution in [-0.4, -0.2) is 62.4 Å². The van der Waals surface area contributed by atoms with Gasteiger partial charge in [0.15, 0.2) is 11.4 Å². The Kier molecular flexibility index (Phi) is 6.83. The lowest BCUT2D eigenvalue weighted by Gasteiger charge is -2.54. The maximum Gasteiger partial charge on any atom is 0.219 e. The summed E-state index contributed by atoms with van der Waals surface area (Å²) in [6.07, 6.45) is -1.98. The van der Waals surface area contributed by atoms with E-state index in [1.807, 2.05) is 0 Å². The Hall–Kier alpha value is -3.05. The van der Waals surface area contributed by atoms with Crippen LogP contribution in [0.3, 0.4) is 0 Å². The second-order valence-corrected chi connectivity index (χ2v) is 8.53. The van der Waals surface area contributed by atoms with Crippen LogP contribution in [0.25, 0.3) is 0 Å². The normalized spacial score (nSPS) is 28.3. The van der Waals surface area contributed by atoms with Gasteiger partial charge in [0.05, 0.1) is 6.61 Å². The molecule has 8 nitrogen and oxygen atoms in total. The highest BCUT2D eigenvalue weighted by molar-refractivity contribution is 9.06. The van der Waals surface area contributed by atoms with Gasteiger partial charge < -0.3 is 20.1 Å². The molecule has 3 aromatic carbocycles. The third-order valence-electron chi connectivity index (χ3n) is 6.17. The Morgan fingerprint density at radius 2 is 1.11 bits per heavy atom. The molecule has 1 fully saturated rings. The highest BCUT2D eigenvalue weighted by atomic mass is 79.9. The van der Waals surface area contributed by atoms with Gasteiger partial charge in [-0.1, -0.05) is 91.0 Å². The molecule has 0 spiro atoms. The van der Waals surface area contributed by atoms with Crippen LogP contribution in [0.1, 0.15) is 31.1 Å². The molecule has 0 unspecified atom stereocenters. The molecule has 3 N–H and O–H groups in total. The summed E-state index contributed by atoms with van der Waals surface area (Å²) in [5.74, 6) is -3.60. The lowest BCUT2D eigenvalue weighted by molar-refractivity contribution is -0.308. The molecule has 1 saturated heterocycles. The number of rotatable bonds is 7. The van der Waals surface area contributed by atoms with Crippen LogP contribution >= 0.6 is 16.3 Å². The summed E-state index contributed by atoms with van der Waals surface area (Å²) >= 11 is 2.68. The number of benzene rings is 3. The lowest BCUT2D eigenvalue weighted by atomic mass is 9.60. The van der Waals surface area contributed by atoms with Crippen LogP contribution in [0.2, 0.25) is 0 Å². The number of halogens is 1. The average Bonchev–Trinajstić information content (AvgIpc) is 2.92. The van der Waals surface area contributed by atoms with Crippen molar-refractivity contribution in [2.24, 2.45) is 0 Å². The fourth-order valence-electron chi connectivity index (χ4n) is 4.30. The lowest BCUT2D eigenvalue weighted by Crippen LogP contribution is -2.84. The van der Waals surface area contributed by atoms with Crippen LogP contribution in [0, 0.1) is 0 Å². The Morgan fingerprint density at radius 1 is 0.714 bits per heavy atom. The first-order valence-electron chi connectivity index (χ1n) is 10.6. The summed E-state index contributed by atoms with van der Waals surface area (Å²) < 4.78 is 10.4. The number of ketones is 3. The Morgan fingerprint density at radius 3 is 1.54 bits per heavy atom. The maximum absolute atomic E-state index is 13.9. The van der Waals surface area contributed by atoms with E-state index < -0.39 is 47.0 Å². The standard InChI is InChI=1S/C26H21BrO8/c27-35-23-25(32,21(29)18-12-6-2-7-13-18)26(33,22(30)19-14-8-3-9-15-19)24(31,16-34-23)20(28)17-10-4-1-5-11-17/h1-15,23,31-33H,16H2/t23-,24+,25-,26-/m1/s1. The van der Waals surface area contributed by atoms with E-state index in [0.717, 1.165) is 0 Å². The number of hydrogen-bond donors (Lipinski definition) is 3. The molecule has 35 heavy (non-hydrogen) atoms. The molecule has 9 heteroatoms. The van der Waals surface area contributed by atoms with Crippen molar-refractivity contribution in [2.45, 2.75) is 23.1 Å². The molecule has 0 radical (unpaired) electrons. The molecule has 4 atom stereocenters. The van der Waals surface area contributed by atoms with Gasteiger partial charge in [-0.05, 0) is 0 Å². The first-order chi connectivity index (χ1) is 16.7. The first-order valence-corrected chi connectivity index (χ1v) is 11.2. The van der Waals surface area contributed by atoms with E-state index >= 15 is 0 Å². The summed E-state index contributed by atoms with van der Waals surface area (Å²) in [4.78, 5) is 41.2. The van der Waals surface area contributed by atoms with Gasteiger partial charge in [-0.25, -0.2) is 0 Å². The Labute approximate surface area is 209 Å². The minimum atomic E-state index is -3.43. The smallest absolute Gasteiger partial charge is 0.219 e. The van der Waals surface area contributed by atoms with E-state index in [0.29, 0.717) is 0 Å². The molecule has 0 amide bonds. The second kappa shape index (κ2) is 9.54. The highest BCUT2D eigenvalue weighted by Crippen LogP contribution is 2.47. The SMILES string of the molecule is O=C(c1ccccc1)[C@]1(O)[C@@](O)(C(=O)c2ccccc2)[C@@H](OBr)OC[C@]1(O)C(=O)c1ccccc1. The number of ether oxygens (including phenoxy) is 1. The third kappa shape index (κ3) is 3.77. The number of hydrogen-bond acceptors (Lipinski definition) is 8. The fourth-order valence-corrected chi connectivity index (χ4v) is 4.67. The summed E-state index contributed by atoms with van der Waals surface area (Å²) in [7, 11) is 0. The van der Waals surface area contributed by atoms with Crippen molar-refractivity contribution in [2.75, 3.05) is 6.61 Å². The number of aliphatic hydroxyl groups is 3. The van der Waals surface area contributed by atoms with Crippen molar-refractivity contribution in [3.63, 3.8) is 0 Å². The van der Waals surface area contributed by atoms with Crippen LogP contribution in [0.15, 0.2) is 91.0 Å². The monoisotopic (exact) mass is 540 g/mol. The minimum absolute atomic E-state index is 0.0781. The van der Waals surface area contributed by atoms with Crippen molar-refractivity contribution < 1.29 is 38.3 Å². The molecule has 0 bridgehead atoms. The van der Waals surface area contributed by atoms with Crippen molar-refractivity contribution in [1.29, 1.82) is 0 Å². The first kappa shape index (κ1) is 25.1. The van der Waals surface area contributed by atoms with Crippen molar-refractivity contribution in [3.8, 4) is 0 Å². The predicted octanol–water partition coefficient (Wildman–Crippen LogP) is 2.51. The zero-order valence-corrected chi connectivity index (χ0v) is 19.8. The van der Waals surface area contributed by atoms with Crippen LogP contribution < -0.4 is 0 Å². The van der Waals surface area contributed by atoms with E-state index in [-0.39, 0.29) is 16.7 Å². The van der Waals surface area contributed by atoms with E-state index in [9.17, 15) is 29.7 Å². The van der Waals surface area contributed by atoms with Gasteiger partial charge in [-0.3, -0.25) is 18.2 Å². The second-order valence-electron chi connectivity index (χ2n) is 8.15. The minimum Gasteiger partial charge on any atom is -0.376 e. The van der Waals surface area contributed by atoms with Crippen LogP contribution in [0.4, 0.5) is 0 Å². The molecule has 1 aliphatic rings. The van der Waals surface area contributed by atoms with Gasteiger partial charge in [-0.2, -0.15) is 0 Å². The topological polar surface area (TPSA) is 130 Å². The van der Waals surface area contributed by atoms with Crippen LogP contribution in [-0.2, 0) is 8.57 Å². The molecule has 1 heterocycles. The van der Waals surface area contributed by atoms with Gasteiger partial charge in [-0.15, -0.1) is 0 Å². The van der Waals surface area contributed by atoms with Crippen molar-refractivity contribution in [1.82, 2.24) is 0 Å². The van der Waals surface area contributed by atoms with Crippen molar-refractivity contribution >= 4 is 33.6 Å². The number of carbonyl (C=O) groups excluding carboxylic acids is 3. The zero-order valence-electron chi connectivity index (χ0n) is 18.2. The summed E-state index contributed by atoms with van der Waals surface area (Å²) in [6.45, 7) is -0.962. The van der Waals surface area contributed by atoms with Gasteiger partial charge in [0.25, 0.3) is 0 Å². The van der Waals surface area contributed by atoms with Crippen LogP contribution in [0.5, 0.6) is 0 Å². The van der Waals surface area contributed by atoms with E-state index in [1.165, 1.54) is 72.8 Å². The van der Waals surface area contributed by atoms with E-state index in [4.69, 9.17) is 8.57 Å². The summed E-state index contributed by atoms with van der Waals surface area (Å²) in [6, 6.07) is 21.9. The molecule has 180 valence electrons. The molecular weight excluding hydrogens is 520 g/mol. The Bertz CT molecular complexity index is 1240. The summed E-state index contributed by atoms with van der Waals surface area (Å²) in [5.41, 5.74) is -10.1. The number of Topliss-reactive ketones (excluding diaryl/α,β-unsaturated/α-hetero) is 3. The predicted molar refractivity (Wildman–Crippen MR) is 127 cm³/mol. The van der Waals surface area contributed by atoms with E-state index in [2.05, 4.69) is 16.3 Å². The molecule has 0 aliphatic carbocycles. The third-order valence-corrected chi connectivity index (χ3v) is 6.51. The largest absolute Gasteiger partial charge is 0.376 e. The van der Waals surface area contributed by atoms with Gasteiger partial charge >= 0.3 is 0 Å². The molecular formula is C26H21BrO8. The molecule has 4 rings (SSSR count). The van der Waals surface area contributed by atoms with Crippen molar-refractivity contribution in [3.05, 3.63) is 108 Å². The average molecular weight is 541 g/mol. The summed E-state index contributed by atoms with van der Waals surface area (Å²) in [5, 5.41) is 35.8. The molecule has 0 aromatic heterocycles. The fraction of sp³-hybridized carbons (Fsp3) is 0.192. The van der Waals surface area contributed by atoms with Gasteiger partial charge in [0, 0.05) is 16.7 Å². The molecule has 3 aromatic rings. The Balaban J connectivity index is 2.00. The van der Waals surface area contributed by atoms with Gasteiger partial charge in [0.2, 0.25) is 29.1 Å². The quantitative estimate of drug-likeness (QED) is 0.389.